The molecule has 0 aliphatic carbocycles. The Morgan fingerprint density at radius 2 is 1.70 bits per heavy atom. The SMILES string of the molecule is O=c1c2ccccc2nc(SCc2nc3ccccc3o2)n1-c1ccc(F)cc1F. The van der Waals surface area contributed by atoms with Crippen LogP contribution in [-0.2, 0) is 5.75 Å². The van der Waals surface area contributed by atoms with Gasteiger partial charge in [0.1, 0.15) is 17.2 Å². The maximum atomic E-state index is 14.5. The first-order valence-electron chi connectivity index (χ1n) is 9.04. The molecule has 2 aromatic heterocycles. The van der Waals surface area contributed by atoms with Gasteiger partial charge in [-0.2, -0.15) is 0 Å². The zero-order valence-electron chi connectivity index (χ0n) is 15.4. The fourth-order valence-electron chi connectivity index (χ4n) is 3.19. The van der Waals surface area contributed by atoms with E-state index in [1.54, 1.807) is 24.3 Å². The summed E-state index contributed by atoms with van der Waals surface area (Å²) in [6, 6.07) is 17.3. The van der Waals surface area contributed by atoms with Gasteiger partial charge in [0.2, 0.25) is 5.89 Å². The summed E-state index contributed by atoms with van der Waals surface area (Å²) < 4.78 is 34.8. The van der Waals surface area contributed by atoms with Gasteiger partial charge in [-0.3, -0.25) is 9.36 Å². The third-order valence-electron chi connectivity index (χ3n) is 4.56. The van der Waals surface area contributed by atoms with Crippen LogP contribution in [-0.4, -0.2) is 14.5 Å². The highest BCUT2D eigenvalue weighted by Gasteiger charge is 2.17. The van der Waals surface area contributed by atoms with E-state index in [1.165, 1.54) is 17.8 Å². The summed E-state index contributed by atoms with van der Waals surface area (Å²) in [6.45, 7) is 0. The number of oxazole rings is 1. The Hall–Kier alpha value is -3.52. The Morgan fingerprint density at radius 3 is 2.50 bits per heavy atom. The highest BCUT2D eigenvalue weighted by atomic mass is 32.2. The van der Waals surface area contributed by atoms with Crippen LogP contribution in [0.25, 0.3) is 27.7 Å². The summed E-state index contributed by atoms with van der Waals surface area (Å²) >= 11 is 1.19. The minimum atomic E-state index is -0.849. The molecule has 8 heteroatoms. The number of aromatic nitrogens is 3. The van der Waals surface area contributed by atoms with Crippen molar-refractivity contribution in [2.24, 2.45) is 0 Å². The first-order chi connectivity index (χ1) is 14.6. The van der Waals surface area contributed by atoms with E-state index in [1.807, 2.05) is 24.3 Å². The third kappa shape index (κ3) is 3.25. The quantitative estimate of drug-likeness (QED) is 0.299. The molecule has 5 aromatic rings. The van der Waals surface area contributed by atoms with Crippen molar-refractivity contribution in [3.8, 4) is 5.69 Å². The molecule has 0 N–H and O–H groups in total. The Labute approximate surface area is 173 Å². The van der Waals surface area contributed by atoms with Crippen molar-refractivity contribution in [1.29, 1.82) is 0 Å². The highest BCUT2D eigenvalue weighted by molar-refractivity contribution is 7.98. The molecule has 0 amide bonds. The lowest BCUT2D eigenvalue weighted by Gasteiger charge is -2.13. The second-order valence-electron chi connectivity index (χ2n) is 6.51. The molecule has 0 saturated carbocycles. The fraction of sp³-hybridized carbons (Fsp3) is 0.0455. The van der Waals surface area contributed by atoms with Crippen molar-refractivity contribution >= 4 is 33.8 Å². The molecule has 0 spiro atoms. The molecule has 0 atom stereocenters. The molecular weight excluding hydrogens is 408 g/mol. The Morgan fingerprint density at radius 1 is 0.933 bits per heavy atom. The number of rotatable bonds is 4. The van der Waals surface area contributed by atoms with Crippen LogP contribution in [0.3, 0.4) is 0 Å². The average Bonchev–Trinajstić information content (AvgIpc) is 3.16. The summed E-state index contributed by atoms with van der Waals surface area (Å²) in [7, 11) is 0. The van der Waals surface area contributed by atoms with Crippen molar-refractivity contribution in [3.63, 3.8) is 0 Å². The molecular formula is C22H13F2N3O2S. The molecule has 0 radical (unpaired) electrons. The Bertz CT molecular complexity index is 1430. The van der Waals surface area contributed by atoms with Crippen molar-refractivity contribution in [3.05, 3.63) is 94.6 Å². The van der Waals surface area contributed by atoms with E-state index >= 15 is 0 Å². The van der Waals surface area contributed by atoms with Gasteiger partial charge in [0.15, 0.2) is 10.7 Å². The first-order valence-corrected chi connectivity index (χ1v) is 10.0. The molecule has 2 heterocycles. The third-order valence-corrected chi connectivity index (χ3v) is 5.48. The van der Waals surface area contributed by atoms with Gasteiger partial charge < -0.3 is 4.42 Å². The van der Waals surface area contributed by atoms with Crippen molar-refractivity contribution < 1.29 is 13.2 Å². The number of hydrogen-bond donors (Lipinski definition) is 0. The minimum Gasteiger partial charge on any atom is -0.440 e. The fourth-order valence-corrected chi connectivity index (χ4v) is 4.04. The molecule has 0 aliphatic heterocycles. The highest BCUT2D eigenvalue weighted by Crippen LogP contribution is 2.27. The van der Waals surface area contributed by atoms with Gasteiger partial charge >= 0.3 is 0 Å². The maximum absolute atomic E-state index is 14.5. The van der Waals surface area contributed by atoms with Gasteiger partial charge in [0.05, 0.1) is 22.3 Å². The summed E-state index contributed by atoms with van der Waals surface area (Å²) in [4.78, 5) is 22.1. The van der Waals surface area contributed by atoms with Crippen LogP contribution in [0.1, 0.15) is 5.89 Å². The average molecular weight is 421 g/mol. The molecule has 0 saturated heterocycles. The standard InChI is InChI=1S/C22H13F2N3O2S/c23-13-9-10-18(15(24)11-13)27-21(28)14-5-1-2-6-16(14)26-22(27)30-12-20-25-17-7-3-4-8-19(17)29-20/h1-11H,12H2. The second kappa shape index (κ2) is 7.38. The van der Waals surface area contributed by atoms with Crippen LogP contribution in [0, 0.1) is 11.6 Å². The lowest BCUT2D eigenvalue weighted by atomic mass is 10.2. The predicted molar refractivity (Wildman–Crippen MR) is 111 cm³/mol. The van der Waals surface area contributed by atoms with E-state index in [4.69, 9.17) is 4.42 Å². The number of para-hydroxylation sites is 3. The van der Waals surface area contributed by atoms with Crippen LogP contribution in [0.2, 0.25) is 0 Å². The minimum absolute atomic E-state index is 0.0697. The molecule has 5 nitrogen and oxygen atoms in total. The molecule has 0 fully saturated rings. The summed E-state index contributed by atoms with van der Waals surface area (Å²) in [5.74, 6) is -0.839. The van der Waals surface area contributed by atoms with Crippen LogP contribution < -0.4 is 5.56 Å². The van der Waals surface area contributed by atoms with E-state index in [-0.39, 0.29) is 16.6 Å². The van der Waals surface area contributed by atoms with Gasteiger partial charge in [-0.1, -0.05) is 36.0 Å². The predicted octanol–water partition coefficient (Wildman–Crippen LogP) is 5.10. The smallest absolute Gasteiger partial charge is 0.266 e. The maximum Gasteiger partial charge on any atom is 0.266 e. The van der Waals surface area contributed by atoms with Gasteiger partial charge in [-0.05, 0) is 36.4 Å². The molecule has 0 aliphatic rings. The number of benzene rings is 3. The zero-order chi connectivity index (χ0) is 20.7. The van der Waals surface area contributed by atoms with E-state index in [0.717, 1.165) is 22.2 Å². The normalized spacial score (nSPS) is 11.4. The molecule has 148 valence electrons. The Kier molecular flexibility index (Phi) is 4.55. The monoisotopic (exact) mass is 421 g/mol. The topological polar surface area (TPSA) is 60.9 Å². The van der Waals surface area contributed by atoms with Crippen LogP contribution in [0.15, 0.2) is 81.1 Å². The molecule has 0 bridgehead atoms. The summed E-state index contributed by atoms with van der Waals surface area (Å²) in [5, 5.41) is 0.596. The van der Waals surface area contributed by atoms with E-state index in [0.29, 0.717) is 22.4 Å². The van der Waals surface area contributed by atoms with Gasteiger partial charge in [0.25, 0.3) is 5.56 Å². The Balaban J connectivity index is 1.63. The molecule has 30 heavy (non-hydrogen) atoms. The summed E-state index contributed by atoms with van der Waals surface area (Å²) in [6.07, 6.45) is 0. The number of halogens is 2. The number of hydrogen-bond acceptors (Lipinski definition) is 5. The molecule has 3 aromatic carbocycles. The molecule has 5 rings (SSSR count). The van der Waals surface area contributed by atoms with Gasteiger partial charge in [-0.15, -0.1) is 0 Å². The van der Waals surface area contributed by atoms with E-state index < -0.39 is 17.2 Å². The number of fused-ring (bicyclic) bond motifs is 2. The molecule has 0 unspecified atom stereocenters. The van der Waals surface area contributed by atoms with Gasteiger partial charge in [0, 0.05) is 6.07 Å². The lowest BCUT2D eigenvalue weighted by molar-refractivity contribution is 0.555. The van der Waals surface area contributed by atoms with Crippen molar-refractivity contribution in [1.82, 2.24) is 14.5 Å². The lowest BCUT2D eigenvalue weighted by Crippen LogP contribution is -2.22. The van der Waals surface area contributed by atoms with Crippen LogP contribution >= 0.6 is 11.8 Å². The van der Waals surface area contributed by atoms with Crippen molar-refractivity contribution in [2.45, 2.75) is 10.9 Å². The number of thioether (sulfide) groups is 1. The van der Waals surface area contributed by atoms with E-state index in [2.05, 4.69) is 9.97 Å². The largest absolute Gasteiger partial charge is 0.440 e. The van der Waals surface area contributed by atoms with Crippen molar-refractivity contribution in [2.75, 3.05) is 0 Å². The number of nitrogens with zero attached hydrogens (tertiary/aromatic N) is 3. The van der Waals surface area contributed by atoms with Gasteiger partial charge in [-0.25, -0.2) is 18.7 Å². The van der Waals surface area contributed by atoms with E-state index in [9.17, 15) is 13.6 Å². The first kappa shape index (κ1) is 18.5. The second-order valence-corrected chi connectivity index (χ2v) is 7.45. The van der Waals surface area contributed by atoms with Crippen LogP contribution in [0.4, 0.5) is 8.78 Å². The van der Waals surface area contributed by atoms with Crippen LogP contribution in [0.5, 0.6) is 0 Å². The zero-order valence-corrected chi connectivity index (χ0v) is 16.2. The summed E-state index contributed by atoms with van der Waals surface area (Å²) in [5.41, 5.74) is 1.36.